The number of carbonyl (C=O) groups is 1. The maximum Gasteiger partial charge on any atom is 0.337 e. The van der Waals surface area contributed by atoms with Crippen LogP contribution in [0.25, 0.3) is 0 Å². The van der Waals surface area contributed by atoms with E-state index in [-0.39, 0.29) is 23.9 Å². The molecule has 0 bridgehead atoms. The van der Waals surface area contributed by atoms with Crippen molar-refractivity contribution in [2.24, 2.45) is 0 Å². The molecule has 88 valence electrons. The first-order valence-corrected chi connectivity index (χ1v) is 4.94. The number of anilines is 2. The van der Waals surface area contributed by atoms with E-state index in [1.54, 1.807) is 24.1 Å². The molecular weight excluding hydrogens is 208 g/mol. The summed E-state index contributed by atoms with van der Waals surface area (Å²) in [4.78, 5) is 12.7. The van der Waals surface area contributed by atoms with Crippen LogP contribution in [0.2, 0.25) is 0 Å². The van der Waals surface area contributed by atoms with Crippen LogP contribution >= 0.6 is 0 Å². The minimum atomic E-state index is -1.05. The molecule has 0 aromatic heterocycles. The van der Waals surface area contributed by atoms with Crippen molar-refractivity contribution in [2.45, 2.75) is 13.0 Å². The number of rotatable bonds is 4. The normalized spacial score (nSPS) is 12.2. The Morgan fingerprint density at radius 3 is 2.69 bits per heavy atom. The Labute approximate surface area is 94.1 Å². The Morgan fingerprint density at radius 2 is 2.19 bits per heavy atom. The molecule has 1 rings (SSSR count). The standard InChI is InChI=1S/C11H16N2O3/c1-7(6-14)13(2)8-3-4-10(12)9(5-8)11(15)16/h3-5,7,14H,6,12H2,1-2H3,(H,15,16). The summed E-state index contributed by atoms with van der Waals surface area (Å²) in [7, 11) is 1.79. The number of aromatic carboxylic acids is 1. The van der Waals surface area contributed by atoms with Crippen molar-refractivity contribution in [3.8, 4) is 0 Å². The van der Waals surface area contributed by atoms with Crippen LogP contribution in [-0.4, -0.2) is 35.9 Å². The molecule has 1 aromatic rings. The average Bonchev–Trinajstić information content (AvgIpc) is 2.27. The van der Waals surface area contributed by atoms with Gasteiger partial charge < -0.3 is 20.8 Å². The van der Waals surface area contributed by atoms with Gasteiger partial charge in [-0.1, -0.05) is 0 Å². The van der Waals surface area contributed by atoms with Crippen LogP contribution in [0.4, 0.5) is 11.4 Å². The molecular formula is C11H16N2O3. The first-order valence-electron chi connectivity index (χ1n) is 4.94. The third-order valence-electron chi connectivity index (χ3n) is 2.60. The van der Waals surface area contributed by atoms with Crippen molar-refractivity contribution in [2.75, 3.05) is 24.3 Å². The maximum atomic E-state index is 10.9. The number of benzene rings is 1. The summed E-state index contributed by atoms with van der Waals surface area (Å²) in [6.07, 6.45) is 0. The zero-order chi connectivity index (χ0) is 12.3. The summed E-state index contributed by atoms with van der Waals surface area (Å²) in [5, 5.41) is 17.9. The van der Waals surface area contributed by atoms with E-state index in [1.165, 1.54) is 6.07 Å². The SMILES string of the molecule is CC(CO)N(C)c1ccc(N)c(C(=O)O)c1. The first kappa shape index (κ1) is 12.3. The van der Waals surface area contributed by atoms with Gasteiger partial charge in [-0.15, -0.1) is 0 Å². The fraction of sp³-hybridized carbons (Fsp3) is 0.364. The van der Waals surface area contributed by atoms with Gasteiger partial charge in [0.25, 0.3) is 0 Å². The zero-order valence-electron chi connectivity index (χ0n) is 9.34. The number of nitrogen functional groups attached to an aromatic ring is 1. The summed E-state index contributed by atoms with van der Waals surface area (Å²) in [5.41, 5.74) is 6.58. The number of aliphatic hydroxyl groups is 1. The molecule has 0 saturated carbocycles. The summed E-state index contributed by atoms with van der Waals surface area (Å²) >= 11 is 0. The average molecular weight is 224 g/mol. The minimum Gasteiger partial charge on any atom is -0.478 e. The van der Waals surface area contributed by atoms with E-state index in [2.05, 4.69) is 0 Å². The fourth-order valence-corrected chi connectivity index (χ4v) is 1.33. The Kier molecular flexibility index (Phi) is 3.73. The summed E-state index contributed by atoms with van der Waals surface area (Å²) in [6.45, 7) is 1.85. The van der Waals surface area contributed by atoms with E-state index in [1.807, 2.05) is 6.92 Å². The van der Waals surface area contributed by atoms with Crippen LogP contribution < -0.4 is 10.6 Å². The molecule has 1 atom stereocenters. The monoisotopic (exact) mass is 224 g/mol. The van der Waals surface area contributed by atoms with E-state index in [0.29, 0.717) is 5.69 Å². The largest absolute Gasteiger partial charge is 0.478 e. The number of aliphatic hydroxyl groups excluding tert-OH is 1. The molecule has 5 heteroatoms. The van der Waals surface area contributed by atoms with Gasteiger partial charge in [-0.05, 0) is 25.1 Å². The maximum absolute atomic E-state index is 10.9. The van der Waals surface area contributed by atoms with Crippen molar-refractivity contribution in [3.05, 3.63) is 23.8 Å². The lowest BCUT2D eigenvalue weighted by Crippen LogP contribution is -2.31. The summed E-state index contributed by atoms with van der Waals surface area (Å²) in [6, 6.07) is 4.71. The van der Waals surface area contributed by atoms with E-state index < -0.39 is 5.97 Å². The van der Waals surface area contributed by atoms with Crippen LogP contribution in [0.15, 0.2) is 18.2 Å². The van der Waals surface area contributed by atoms with Gasteiger partial charge in [0.15, 0.2) is 0 Å². The molecule has 4 N–H and O–H groups in total. The lowest BCUT2D eigenvalue weighted by Gasteiger charge is -2.25. The van der Waals surface area contributed by atoms with Gasteiger partial charge in [-0.2, -0.15) is 0 Å². The van der Waals surface area contributed by atoms with Crippen molar-refractivity contribution in [1.29, 1.82) is 0 Å². The topological polar surface area (TPSA) is 86.8 Å². The lowest BCUT2D eigenvalue weighted by molar-refractivity contribution is 0.0698. The Hall–Kier alpha value is -1.75. The molecule has 0 heterocycles. The predicted octanol–water partition coefficient (Wildman–Crippen LogP) is 0.784. The highest BCUT2D eigenvalue weighted by Crippen LogP contribution is 2.21. The minimum absolute atomic E-state index is 0.00326. The molecule has 0 fully saturated rings. The molecule has 0 radical (unpaired) electrons. The van der Waals surface area contributed by atoms with Gasteiger partial charge in [0, 0.05) is 24.5 Å². The predicted molar refractivity (Wildman–Crippen MR) is 62.8 cm³/mol. The van der Waals surface area contributed by atoms with Gasteiger partial charge in [0.05, 0.1) is 12.2 Å². The number of nitrogens with two attached hydrogens (primary N) is 1. The molecule has 0 spiro atoms. The van der Waals surface area contributed by atoms with E-state index in [0.717, 1.165) is 0 Å². The molecule has 0 saturated heterocycles. The third-order valence-corrected chi connectivity index (χ3v) is 2.60. The van der Waals surface area contributed by atoms with E-state index >= 15 is 0 Å². The van der Waals surface area contributed by atoms with Crippen molar-refractivity contribution >= 4 is 17.3 Å². The van der Waals surface area contributed by atoms with Crippen LogP contribution in [-0.2, 0) is 0 Å². The van der Waals surface area contributed by atoms with Crippen LogP contribution in [0.5, 0.6) is 0 Å². The molecule has 0 amide bonds. The van der Waals surface area contributed by atoms with Crippen molar-refractivity contribution in [3.63, 3.8) is 0 Å². The number of hydrogen-bond donors (Lipinski definition) is 3. The van der Waals surface area contributed by atoms with E-state index in [4.69, 9.17) is 15.9 Å². The number of hydrogen-bond acceptors (Lipinski definition) is 4. The fourth-order valence-electron chi connectivity index (χ4n) is 1.33. The smallest absolute Gasteiger partial charge is 0.337 e. The number of carboxylic acids is 1. The van der Waals surface area contributed by atoms with Crippen LogP contribution in [0.1, 0.15) is 17.3 Å². The molecule has 0 aliphatic heterocycles. The summed E-state index contributed by atoms with van der Waals surface area (Å²) in [5.74, 6) is -1.05. The second-order valence-corrected chi connectivity index (χ2v) is 3.72. The molecule has 1 unspecified atom stereocenters. The molecule has 5 nitrogen and oxygen atoms in total. The van der Waals surface area contributed by atoms with Gasteiger partial charge in [0.2, 0.25) is 0 Å². The third kappa shape index (κ3) is 2.43. The molecule has 0 aliphatic carbocycles. The molecule has 0 aliphatic rings. The molecule has 1 aromatic carbocycles. The Morgan fingerprint density at radius 1 is 1.56 bits per heavy atom. The zero-order valence-corrected chi connectivity index (χ0v) is 9.34. The van der Waals surface area contributed by atoms with Crippen LogP contribution in [0.3, 0.4) is 0 Å². The lowest BCUT2D eigenvalue weighted by atomic mass is 10.1. The van der Waals surface area contributed by atoms with Crippen molar-refractivity contribution in [1.82, 2.24) is 0 Å². The highest BCUT2D eigenvalue weighted by Gasteiger charge is 2.13. The first-order chi connectivity index (χ1) is 7.47. The van der Waals surface area contributed by atoms with Gasteiger partial charge in [-0.25, -0.2) is 4.79 Å². The van der Waals surface area contributed by atoms with Gasteiger partial charge in [0.1, 0.15) is 0 Å². The number of nitrogens with zero attached hydrogens (tertiary/aromatic N) is 1. The van der Waals surface area contributed by atoms with Crippen LogP contribution in [0, 0.1) is 0 Å². The Bertz CT molecular complexity index is 393. The van der Waals surface area contributed by atoms with E-state index in [9.17, 15) is 4.79 Å². The van der Waals surface area contributed by atoms with Gasteiger partial charge in [-0.3, -0.25) is 0 Å². The number of likely N-dealkylation sites (N-methyl/N-ethyl adjacent to an activating group) is 1. The second kappa shape index (κ2) is 4.85. The number of carboxylic acid groups (broad SMARTS) is 1. The highest BCUT2D eigenvalue weighted by atomic mass is 16.4. The molecule has 16 heavy (non-hydrogen) atoms. The second-order valence-electron chi connectivity index (χ2n) is 3.72. The highest BCUT2D eigenvalue weighted by molar-refractivity contribution is 5.94. The van der Waals surface area contributed by atoms with Crippen molar-refractivity contribution < 1.29 is 15.0 Å². The quantitative estimate of drug-likeness (QED) is 0.658. The Balaban J connectivity index is 3.07. The summed E-state index contributed by atoms with van der Waals surface area (Å²) < 4.78 is 0. The van der Waals surface area contributed by atoms with Gasteiger partial charge >= 0.3 is 5.97 Å².